The molecular formula is C7H13NO3S2. The Morgan fingerprint density at radius 3 is 2.23 bits per heavy atom. The van der Waals surface area contributed by atoms with Crippen molar-refractivity contribution in [2.45, 2.75) is 12.2 Å². The Bertz CT molecular complexity index is 283. The Balaban J connectivity index is 2.55. The van der Waals surface area contributed by atoms with Gasteiger partial charge < -0.3 is 4.90 Å². The first kappa shape index (κ1) is 10.8. The number of thiol groups is 1. The lowest BCUT2D eigenvalue weighted by Crippen LogP contribution is -2.46. The molecule has 0 aromatic heterocycles. The van der Waals surface area contributed by atoms with Crippen LogP contribution in [0.4, 0.5) is 0 Å². The van der Waals surface area contributed by atoms with Crippen molar-refractivity contribution in [1.29, 1.82) is 0 Å². The van der Waals surface area contributed by atoms with E-state index in [-0.39, 0.29) is 22.7 Å². The van der Waals surface area contributed by atoms with Crippen molar-refractivity contribution in [3.8, 4) is 0 Å². The summed E-state index contributed by atoms with van der Waals surface area (Å²) in [5, 5.41) is -0.346. The molecule has 4 nitrogen and oxygen atoms in total. The van der Waals surface area contributed by atoms with Crippen molar-refractivity contribution in [2.75, 3.05) is 24.6 Å². The average Bonchev–Trinajstić information content (AvgIpc) is 2.03. The Hall–Kier alpha value is -0.230. The van der Waals surface area contributed by atoms with Crippen molar-refractivity contribution in [3.05, 3.63) is 0 Å². The van der Waals surface area contributed by atoms with Crippen LogP contribution < -0.4 is 0 Å². The molecule has 1 aliphatic rings. The van der Waals surface area contributed by atoms with Crippen molar-refractivity contribution in [2.24, 2.45) is 0 Å². The predicted octanol–water partition coefficient (Wildman–Crippen LogP) is -0.438. The van der Waals surface area contributed by atoms with Crippen LogP contribution in [-0.4, -0.2) is 49.1 Å². The van der Waals surface area contributed by atoms with E-state index in [0.29, 0.717) is 13.1 Å². The van der Waals surface area contributed by atoms with Gasteiger partial charge in [-0.05, 0) is 6.92 Å². The second-order valence-corrected chi connectivity index (χ2v) is 6.23. The molecule has 0 saturated carbocycles. The van der Waals surface area contributed by atoms with Gasteiger partial charge in [-0.25, -0.2) is 8.42 Å². The highest BCUT2D eigenvalue weighted by Gasteiger charge is 2.26. The highest BCUT2D eigenvalue weighted by atomic mass is 32.2. The van der Waals surface area contributed by atoms with Gasteiger partial charge in [0.2, 0.25) is 5.91 Å². The largest absolute Gasteiger partial charge is 0.340 e. The van der Waals surface area contributed by atoms with Gasteiger partial charge in [-0.2, -0.15) is 12.6 Å². The van der Waals surface area contributed by atoms with Crippen LogP contribution in [0, 0.1) is 0 Å². The van der Waals surface area contributed by atoms with Crippen molar-refractivity contribution in [3.63, 3.8) is 0 Å². The summed E-state index contributed by atoms with van der Waals surface area (Å²) in [5.74, 6) is 0.0802. The molecule has 0 bridgehead atoms. The number of hydrogen-bond acceptors (Lipinski definition) is 4. The maximum atomic E-state index is 11.4. The third-order valence-corrected chi connectivity index (χ3v) is 3.84. The van der Waals surface area contributed by atoms with Crippen LogP contribution in [0.2, 0.25) is 0 Å². The number of sulfone groups is 1. The van der Waals surface area contributed by atoms with Crippen LogP contribution >= 0.6 is 12.6 Å². The minimum absolute atomic E-state index is 0.0826. The van der Waals surface area contributed by atoms with E-state index in [9.17, 15) is 13.2 Å². The van der Waals surface area contributed by atoms with Crippen LogP contribution in [0.1, 0.15) is 6.92 Å². The predicted molar refractivity (Wildman–Crippen MR) is 53.7 cm³/mol. The molecule has 1 aliphatic heterocycles. The molecule has 1 fully saturated rings. The van der Waals surface area contributed by atoms with Gasteiger partial charge in [0.15, 0.2) is 9.84 Å². The fourth-order valence-corrected chi connectivity index (χ4v) is 2.56. The van der Waals surface area contributed by atoms with Crippen LogP contribution in [0.5, 0.6) is 0 Å². The number of amides is 1. The zero-order chi connectivity index (χ0) is 10.1. The molecule has 0 aliphatic carbocycles. The summed E-state index contributed by atoms with van der Waals surface area (Å²) in [7, 11) is -2.89. The SMILES string of the molecule is CC(S)C(=O)N1CCS(=O)(=O)CC1. The minimum Gasteiger partial charge on any atom is -0.340 e. The Kier molecular flexibility index (Phi) is 3.23. The Labute approximate surface area is 83.6 Å². The summed E-state index contributed by atoms with van der Waals surface area (Å²) < 4.78 is 22.1. The normalized spacial score (nSPS) is 24.0. The van der Waals surface area contributed by atoms with E-state index in [1.165, 1.54) is 0 Å². The number of carbonyl (C=O) groups is 1. The van der Waals surface area contributed by atoms with E-state index < -0.39 is 9.84 Å². The van der Waals surface area contributed by atoms with Gasteiger partial charge in [0.25, 0.3) is 0 Å². The topological polar surface area (TPSA) is 54.5 Å². The third kappa shape index (κ3) is 2.87. The summed E-state index contributed by atoms with van der Waals surface area (Å²) >= 11 is 4.01. The maximum absolute atomic E-state index is 11.4. The van der Waals surface area contributed by atoms with E-state index in [1.807, 2.05) is 0 Å². The lowest BCUT2D eigenvalue weighted by atomic mass is 10.4. The van der Waals surface area contributed by atoms with Crippen LogP contribution in [0.3, 0.4) is 0 Å². The zero-order valence-electron chi connectivity index (χ0n) is 7.43. The first-order valence-electron chi connectivity index (χ1n) is 4.10. The lowest BCUT2D eigenvalue weighted by Gasteiger charge is -2.27. The van der Waals surface area contributed by atoms with Gasteiger partial charge in [0.05, 0.1) is 16.8 Å². The third-order valence-electron chi connectivity index (χ3n) is 2.01. The monoisotopic (exact) mass is 223 g/mol. The molecule has 76 valence electrons. The summed E-state index contributed by atoms with van der Waals surface area (Å²) in [6.45, 7) is 2.31. The molecule has 1 saturated heterocycles. The summed E-state index contributed by atoms with van der Waals surface area (Å²) in [4.78, 5) is 12.9. The Morgan fingerprint density at radius 2 is 1.85 bits per heavy atom. The lowest BCUT2D eigenvalue weighted by molar-refractivity contribution is -0.129. The fraction of sp³-hybridized carbons (Fsp3) is 0.857. The van der Waals surface area contributed by atoms with Crippen molar-refractivity contribution in [1.82, 2.24) is 4.90 Å². The van der Waals surface area contributed by atoms with Gasteiger partial charge in [-0.1, -0.05) is 0 Å². The van der Waals surface area contributed by atoms with Gasteiger partial charge in [0, 0.05) is 13.1 Å². The van der Waals surface area contributed by atoms with E-state index in [1.54, 1.807) is 11.8 Å². The van der Waals surface area contributed by atoms with Gasteiger partial charge in [-0.15, -0.1) is 0 Å². The molecule has 1 amide bonds. The second kappa shape index (κ2) is 3.88. The first-order valence-corrected chi connectivity index (χ1v) is 6.43. The van der Waals surface area contributed by atoms with Crippen LogP contribution in [0.25, 0.3) is 0 Å². The summed E-state index contributed by atoms with van der Waals surface area (Å²) in [6.07, 6.45) is 0. The first-order chi connectivity index (χ1) is 5.92. The van der Waals surface area contributed by atoms with Crippen molar-refractivity contribution >= 4 is 28.4 Å². The molecule has 13 heavy (non-hydrogen) atoms. The van der Waals surface area contributed by atoms with E-state index in [2.05, 4.69) is 12.6 Å². The Morgan fingerprint density at radius 1 is 1.38 bits per heavy atom. The molecule has 1 unspecified atom stereocenters. The molecular weight excluding hydrogens is 210 g/mol. The number of rotatable bonds is 1. The molecule has 0 spiro atoms. The average molecular weight is 223 g/mol. The summed E-state index contributed by atoms with van der Waals surface area (Å²) in [6, 6.07) is 0. The molecule has 1 atom stereocenters. The van der Waals surface area contributed by atoms with E-state index in [0.717, 1.165) is 0 Å². The molecule has 0 N–H and O–H groups in total. The van der Waals surface area contributed by atoms with Crippen LogP contribution in [-0.2, 0) is 14.6 Å². The van der Waals surface area contributed by atoms with E-state index >= 15 is 0 Å². The highest BCUT2D eigenvalue weighted by Crippen LogP contribution is 2.07. The number of hydrogen-bond donors (Lipinski definition) is 1. The molecule has 1 rings (SSSR count). The fourth-order valence-electron chi connectivity index (χ4n) is 1.20. The van der Waals surface area contributed by atoms with Crippen molar-refractivity contribution < 1.29 is 13.2 Å². The van der Waals surface area contributed by atoms with Crippen LogP contribution in [0.15, 0.2) is 0 Å². The molecule has 0 aromatic carbocycles. The molecule has 1 heterocycles. The summed E-state index contributed by atoms with van der Waals surface area (Å²) in [5.41, 5.74) is 0. The quantitative estimate of drug-likeness (QED) is 0.613. The number of nitrogens with zero attached hydrogens (tertiary/aromatic N) is 1. The highest BCUT2D eigenvalue weighted by molar-refractivity contribution is 7.91. The maximum Gasteiger partial charge on any atom is 0.235 e. The molecule has 0 aromatic rings. The second-order valence-electron chi connectivity index (χ2n) is 3.15. The number of carbonyl (C=O) groups excluding carboxylic acids is 1. The zero-order valence-corrected chi connectivity index (χ0v) is 9.14. The molecule has 0 radical (unpaired) electrons. The minimum atomic E-state index is -2.89. The van der Waals surface area contributed by atoms with Gasteiger partial charge in [0.1, 0.15) is 0 Å². The van der Waals surface area contributed by atoms with E-state index in [4.69, 9.17) is 0 Å². The molecule has 6 heteroatoms. The van der Waals surface area contributed by atoms with Gasteiger partial charge >= 0.3 is 0 Å². The standard InChI is InChI=1S/C7H13NO3S2/c1-6(12)7(9)8-2-4-13(10,11)5-3-8/h6,12H,2-5H2,1H3. The smallest absolute Gasteiger partial charge is 0.235 e. The van der Waals surface area contributed by atoms with Gasteiger partial charge in [-0.3, -0.25) is 4.79 Å².